The second-order valence-corrected chi connectivity index (χ2v) is 10.4. The molecule has 1 atom stereocenters. The van der Waals surface area contributed by atoms with Crippen molar-refractivity contribution >= 4 is 46.4 Å². The van der Waals surface area contributed by atoms with Crippen molar-refractivity contribution in [3.05, 3.63) is 55.7 Å². The SMILES string of the molecule is CC(C)CC(=O)N(CC(=O)N1CCc2sccc2C1c1ccc(Cl)cc1Cl)C1CC1. The summed E-state index contributed by atoms with van der Waals surface area (Å²) in [6, 6.07) is 7.49. The molecule has 2 amide bonds. The molecule has 30 heavy (non-hydrogen) atoms. The van der Waals surface area contributed by atoms with Gasteiger partial charge in [0.05, 0.1) is 6.04 Å². The van der Waals surface area contributed by atoms with Gasteiger partial charge in [-0.2, -0.15) is 0 Å². The molecule has 1 aliphatic carbocycles. The Morgan fingerprint density at radius 1 is 1.20 bits per heavy atom. The van der Waals surface area contributed by atoms with Gasteiger partial charge in [0.15, 0.2) is 0 Å². The molecule has 7 heteroatoms. The van der Waals surface area contributed by atoms with Gasteiger partial charge in [0.2, 0.25) is 11.8 Å². The highest BCUT2D eigenvalue weighted by molar-refractivity contribution is 7.10. The van der Waals surface area contributed by atoms with Crippen LogP contribution < -0.4 is 0 Å². The van der Waals surface area contributed by atoms with E-state index in [1.165, 1.54) is 4.88 Å². The van der Waals surface area contributed by atoms with Crippen molar-refractivity contribution in [1.29, 1.82) is 0 Å². The van der Waals surface area contributed by atoms with Crippen LogP contribution in [0.25, 0.3) is 0 Å². The third-order valence-corrected chi connectivity index (χ3v) is 7.30. The van der Waals surface area contributed by atoms with Crippen molar-refractivity contribution in [3.8, 4) is 0 Å². The lowest BCUT2D eigenvalue weighted by Gasteiger charge is -2.38. The highest BCUT2D eigenvalue weighted by Gasteiger charge is 2.38. The summed E-state index contributed by atoms with van der Waals surface area (Å²) in [5, 5.41) is 3.19. The molecule has 4 nitrogen and oxygen atoms in total. The van der Waals surface area contributed by atoms with Crippen molar-refractivity contribution in [2.75, 3.05) is 13.1 Å². The third kappa shape index (κ3) is 4.53. The molecule has 2 aromatic rings. The quantitative estimate of drug-likeness (QED) is 0.560. The average Bonchev–Trinajstić information content (AvgIpc) is 3.40. The van der Waals surface area contributed by atoms with Gasteiger partial charge in [0, 0.05) is 33.9 Å². The van der Waals surface area contributed by atoms with E-state index in [1.807, 2.05) is 30.9 Å². The Kier molecular flexibility index (Phi) is 6.42. The molecular formula is C23H26Cl2N2O2S. The summed E-state index contributed by atoms with van der Waals surface area (Å²) in [5.74, 6) is 0.333. The van der Waals surface area contributed by atoms with Gasteiger partial charge in [-0.05, 0) is 59.9 Å². The molecule has 0 bridgehead atoms. The first kappa shape index (κ1) is 21.7. The number of fused-ring (bicyclic) bond motifs is 1. The number of carbonyl (C=O) groups excluding carboxylic acids is 2. The van der Waals surface area contributed by atoms with Gasteiger partial charge in [-0.15, -0.1) is 11.3 Å². The molecule has 1 saturated carbocycles. The maximum absolute atomic E-state index is 13.5. The van der Waals surface area contributed by atoms with E-state index in [-0.39, 0.29) is 36.4 Å². The van der Waals surface area contributed by atoms with E-state index >= 15 is 0 Å². The maximum Gasteiger partial charge on any atom is 0.243 e. The second kappa shape index (κ2) is 8.89. The Bertz CT molecular complexity index is 954. The minimum atomic E-state index is -0.251. The molecule has 4 rings (SSSR count). The van der Waals surface area contributed by atoms with Crippen molar-refractivity contribution in [1.82, 2.24) is 9.80 Å². The zero-order valence-electron chi connectivity index (χ0n) is 17.2. The Hall–Kier alpha value is -1.56. The molecule has 1 aliphatic heterocycles. The summed E-state index contributed by atoms with van der Waals surface area (Å²) < 4.78 is 0. The number of hydrogen-bond donors (Lipinski definition) is 0. The van der Waals surface area contributed by atoms with Crippen LogP contribution in [0.5, 0.6) is 0 Å². The number of carbonyl (C=O) groups is 2. The molecule has 160 valence electrons. The smallest absolute Gasteiger partial charge is 0.243 e. The standard InChI is InChI=1S/C23H26Cl2N2O2S/c1-14(2)11-21(28)27(16-4-5-16)13-22(29)26-9-7-20-18(8-10-30-20)23(26)17-6-3-15(24)12-19(17)25/h3,6,8,10,12,14,16,23H,4-5,7,9,11,13H2,1-2H3. The van der Waals surface area contributed by atoms with Crippen LogP contribution in [0.3, 0.4) is 0 Å². The molecule has 0 radical (unpaired) electrons. The second-order valence-electron chi connectivity index (χ2n) is 8.56. The Morgan fingerprint density at radius 3 is 2.63 bits per heavy atom. The minimum absolute atomic E-state index is 0.0214. The van der Waals surface area contributed by atoms with E-state index in [4.69, 9.17) is 23.2 Å². The molecule has 0 saturated heterocycles. The lowest BCUT2D eigenvalue weighted by molar-refractivity contribution is -0.142. The summed E-state index contributed by atoms with van der Waals surface area (Å²) in [5.41, 5.74) is 2.00. The molecule has 1 aromatic heterocycles. The van der Waals surface area contributed by atoms with Gasteiger partial charge in [-0.25, -0.2) is 0 Å². The molecule has 1 unspecified atom stereocenters. The van der Waals surface area contributed by atoms with Crippen molar-refractivity contribution in [2.45, 2.75) is 51.6 Å². The van der Waals surface area contributed by atoms with E-state index in [0.717, 1.165) is 30.4 Å². The lowest BCUT2D eigenvalue weighted by atomic mass is 9.93. The van der Waals surface area contributed by atoms with Crippen molar-refractivity contribution in [2.24, 2.45) is 5.92 Å². The van der Waals surface area contributed by atoms with Crippen LogP contribution in [0.1, 0.15) is 55.2 Å². The topological polar surface area (TPSA) is 40.6 Å². The molecule has 1 aromatic carbocycles. The van der Waals surface area contributed by atoms with E-state index in [9.17, 15) is 9.59 Å². The first-order chi connectivity index (χ1) is 14.3. The summed E-state index contributed by atoms with van der Waals surface area (Å²) in [6.45, 7) is 4.82. The van der Waals surface area contributed by atoms with E-state index in [0.29, 0.717) is 23.0 Å². The predicted molar refractivity (Wildman–Crippen MR) is 122 cm³/mol. The Balaban J connectivity index is 1.62. The number of rotatable bonds is 6. The fraction of sp³-hybridized carbons (Fsp3) is 0.478. The van der Waals surface area contributed by atoms with Crippen LogP contribution in [0, 0.1) is 5.92 Å². The summed E-state index contributed by atoms with van der Waals surface area (Å²) >= 11 is 14.4. The number of amides is 2. The first-order valence-corrected chi connectivity index (χ1v) is 12.1. The summed E-state index contributed by atoms with van der Waals surface area (Å²) in [6.07, 6.45) is 3.27. The molecule has 2 heterocycles. The normalized spacial score (nSPS) is 18.4. The van der Waals surface area contributed by atoms with Gasteiger partial charge < -0.3 is 9.80 Å². The first-order valence-electron chi connectivity index (χ1n) is 10.4. The number of thiophene rings is 1. The zero-order chi connectivity index (χ0) is 21.4. The van der Waals surface area contributed by atoms with E-state index < -0.39 is 0 Å². The third-order valence-electron chi connectivity index (χ3n) is 5.74. The van der Waals surface area contributed by atoms with Crippen molar-refractivity contribution < 1.29 is 9.59 Å². The van der Waals surface area contributed by atoms with Gasteiger partial charge >= 0.3 is 0 Å². The molecule has 0 N–H and O–H groups in total. The van der Waals surface area contributed by atoms with Gasteiger partial charge in [-0.3, -0.25) is 9.59 Å². The summed E-state index contributed by atoms with van der Waals surface area (Å²) in [4.78, 5) is 31.2. The largest absolute Gasteiger partial charge is 0.330 e. The van der Waals surface area contributed by atoms with Crippen LogP contribution in [-0.4, -0.2) is 40.7 Å². The zero-order valence-corrected chi connectivity index (χ0v) is 19.6. The number of benzene rings is 1. The Labute approximate surface area is 191 Å². The molecular weight excluding hydrogens is 439 g/mol. The minimum Gasteiger partial charge on any atom is -0.330 e. The van der Waals surface area contributed by atoms with Crippen LogP contribution in [0.2, 0.25) is 10.0 Å². The number of nitrogens with zero attached hydrogens (tertiary/aromatic N) is 2. The lowest BCUT2D eigenvalue weighted by Crippen LogP contribution is -2.47. The van der Waals surface area contributed by atoms with E-state index in [1.54, 1.807) is 22.3 Å². The van der Waals surface area contributed by atoms with Crippen LogP contribution in [-0.2, 0) is 16.0 Å². The molecule has 0 spiro atoms. The van der Waals surface area contributed by atoms with Crippen molar-refractivity contribution in [3.63, 3.8) is 0 Å². The molecule has 1 fully saturated rings. The fourth-order valence-electron chi connectivity index (χ4n) is 4.15. The monoisotopic (exact) mass is 464 g/mol. The average molecular weight is 465 g/mol. The van der Waals surface area contributed by atoms with Gasteiger partial charge in [0.1, 0.15) is 6.54 Å². The molecule has 2 aliphatic rings. The van der Waals surface area contributed by atoms with E-state index in [2.05, 4.69) is 11.4 Å². The van der Waals surface area contributed by atoms with Crippen LogP contribution in [0.15, 0.2) is 29.6 Å². The van der Waals surface area contributed by atoms with Gasteiger partial charge in [-0.1, -0.05) is 43.1 Å². The summed E-state index contributed by atoms with van der Waals surface area (Å²) in [7, 11) is 0. The van der Waals surface area contributed by atoms with Gasteiger partial charge in [0.25, 0.3) is 0 Å². The van der Waals surface area contributed by atoms with Crippen LogP contribution in [0.4, 0.5) is 0 Å². The highest BCUT2D eigenvalue weighted by Crippen LogP contribution is 2.41. The van der Waals surface area contributed by atoms with Crippen LogP contribution >= 0.6 is 34.5 Å². The highest BCUT2D eigenvalue weighted by atomic mass is 35.5. The number of halogens is 2. The maximum atomic E-state index is 13.5. The Morgan fingerprint density at radius 2 is 1.97 bits per heavy atom. The fourth-order valence-corrected chi connectivity index (χ4v) is 5.57. The number of hydrogen-bond acceptors (Lipinski definition) is 3. The predicted octanol–water partition coefficient (Wildman–Crippen LogP) is 5.57.